The Balaban J connectivity index is 2.89. The largest absolute Gasteiger partial charge is 0.373 e. The number of hydrogen-bond donors (Lipinski definition) is 1. The van der Waals surface area contributed by atoms with Crippen molar-refractivity contribution in [2.24, 2.45) is 0 Å². The molecule has 1 rings (SSSR count). The van der Waals surface area contributed by atoms with Crippen molar-refractivity contribution in [3.63, 3.8) is 0 Å². The fourth-order valence-electron chi connectivity index (χ4n) is 1.10. The van der Waals surface area contributed by atoms with E-state index in [1.807, 2.05) is 5.32 Å². The summed E-state index contributed by atoms with van der Waals surface area (Å²) >= 11 is 5.50. The SMILES string of the molecule is O=[N+]([O-])c1cc(Cl)ccc1NCC(F)(F)C(F)F. The number of alkyl halides is 4. The Morgan fingerprint density at radius 2 is 2.06 bits per heavy atom. The Hall–Kier alpha value is -1.57. The molecule has 1 aromatic carbocycles. The van der Waals surface area contributed by atoms with Crippen molar-refractivity contribution in [3.8, 4) is 0 Å². The number of nitro benzene ring substituents is 1. The fourth-order valence-corrected chi connectivity index (χ4v) is 1.26. The van der Waals surface area contributed by atoms with E-state index in [1.54, 1.807) is 0 Å². The Morgan fingerprint density at radius 3 is 2.56 bits per heavy atom. The predicted octanol–water partition coefficient (Wildman–Crippen LogP) is 3.56. The van der Waals surface area contributed by atoms with Crippen LogP contribution in [0.15, 0.2) is 18.2 Å². The van der Waals surface area contributed by atoms with Gasteiger partial charge in [-0.1, -0.05) is 11.6 Å². The van der Waals surface area contributed by atoms with Crippen LogP contribution in [-0.4, -0.2) is 23.8 Å². The molecular formula is C9H7ClF4N2O2. The van der Waals surface area contributed by atoms with Crippen LogP contribution < -0.4 is 5.32 Å². The zero-order chi connectivity index (χ0) is 13.9. The first-order valence-corrected chi connectivity index (χ1v) is 4.95. The van der Waals surface area contributed by atoms with Gasteiger partial charge in [-0.05, 0) is 12.1 Å². The maximum Gasteiger partial charge on any atom is 0.324 e. The molecule has 4 nitrogen and oxygen atoms in total. The van der Waals surface area contributed by atoms with Crippen LogP contribution >= 0.6 is 11.6 Å². The van der Waals surface area contributed by atoms with E-state index in [0.717, 1.165) is 12.1 Å². The highest BCUT2D eigenvalue weighted by Crippen LogP contribution is 2.30. The highest BCUT2D eigenvalue weighted by molar-refractivity contribution is 6.30. The molecule has 0 unspecified atom stereocenters. The lowest BCUT2D eigenvalue weighted by Gasteiger charge is -2.16. The zero-order valence-corrected chi connectivity index (χ0v) is 9.43. The van der Waals surface area contributed by atoms with Gasteiger partial charge in [0.15, 0.2) is 0 Å². The van der Waals surface area contributed by atoms with Crippen molar-refractivity contribution in [2.75, 3.05) is 11.9 Å². The van der Waals surface area contributed by atoms with Crippen LogP contribution in [0, 0.1) is 10.1 Å². The summed E-state index contributed by atoms with van der Waals surface area (Å²) in [7, 11) is 0. The number of rotatable bonds is 5. The van der Waals surface area contributed by atoms with Crippen molar-refractivity contribution in [3.05, 3.63) is 33.3 Å². The van der Waals surface area contributed by atoms with Crippen LogP contribution in [0.25, 0.3) is 0 Å². The Kier molecular flexibility index (Phi) is 4.33. The molecule has 0 spiro atoms. The summed E-state index contributed by atoms with van der Waals surface area (Å²) in [5.41, 5.74) is -0.864. The molecule has 0 aromatic heterocycles. The minimum absolute atomic E-state index is 0.0351. The van der Waals surface area contributed by atoms with E-state index in [-0.39, 0.29) is 10.7 Å². The van der Waals surface area contributed by atoms with Crippen LogP contribution in [0.4, 0.5) is 28.9 Å². The molecule has 18 heavy (non-hydrogen) atoms. The van der Waals surface area contributed by atoms with E-state index in [0.29, 0.717) is 0 Å². The standard InChI is InChI=1S/C9H7ClF4N2O2/c10-5-1-2-6(7(3-5)16(17)18)15-4-9(13,14)8(11)12/h1-3,8,15H,4H2. The molecule has 0 fully saturated rings. The zero-order valence-electron chi connectivity index (χ0n) is 8.67. The molecule has 0 bridgehead atoms. The second-order valence-corrected chi connectivity index (χ2v) is 3.77. The summed E-state index contributed by atoms with van der Waals surface area (Å²) in [5.74, 6) is -4.27. The van der Waals surface area contributed by atoms with E-state index < -0.39 is 29.5 Å². The molecule has 0 aliphatic carbocycles. The average molecular weight is 287 g/mol. The van der Waals surface area contributed by atoms with Crippen LogP contribution in [0.3, 0.4) is 0 Å². The quantitative estimate of drug-likeness (QED) is 0.511. The molecule has 0 saturated heterocycles. The van der Waals surface area contributed by atoms with Gasteiger partial charge in [0.25, 0.3) is 5.69 Å². The third-order valence-electron chi connectivity index (χ3n) is 1.99. The molecule has 1 N–H and O–H groups in total. The first-order chi connectivity index (χ1) is 8.24. The summed E-state index contributed by atoms with van der Waals surface area (Å²) in [5, 5.41) is 12.6. The monoisotopic (exact) mass is 286 g/mol. The van der Waals surface area contributed by atoms with Gasteiger partial charge in [-0.15, -0.1) is 0 Å². The minimum atomic E-state index is -4.27. The van der Waals surface area contributed by atoms with Crippen molar-refractivity contribution in [1.82, 2.24) is 0 Å². The van der Waals surface area contributed by atoms with E-state index in [1.165, 1.54) is 6.07 Å². The van der Waals surface area contributed by atoms with E-state index in [4.69, 9.17) is 11.6 Å². The second-order valence-electron chi connectivity index (χ2n) is 3.33. The van der Waals surface area contributed by atoms with Gasteiger partial charge in [0.05, 0.1) is 11.5 Å². The molecule has 9 heteroatoms. The predicted molar refractivity (Wildman–Crippen MR) is 57.5 cm³/mol. The van der Waals surface area contributed by atoms with Gasteiger partial charge in [0, 0.05) is 11.1 Å². The first-order valence-electron chi connectivity index (χ1n) is 4.58. The molecule has 100 valence electrons. The fraction of sp³-hybridized carbons (Fsp3) is 0.333. The summed E-state index contributed by atoms with van der Waals surface area (Å²) in [6.07, 6.45) is -3.85. The first kappa shape index (κ1) is 14.5. The molecule has 0 radical (unpaired) electrons. The lowest BCUT2D eigenvalue weighted by atomic mass is 10.2. The molecule has 0 atom stereocenters. The molecular weight excluding hydrogens is 280 g/mol. The van der Waals surface area contributed by atoms with Crippen LogP contribution in [-0.2, 0) is 0 Å². The maximum absolute atomic E-state index is 12.6. The number of nitrogens with one attached hydrogen (secondary N) is 1. The van der Waals surface area contributed by atoms with Gasteiger partial charge in [0.1, 0.15) is 5.69 Å². The smallest absolute Gasteiger partial charge is 0.324 e. The van der Waals surface area contributed by atoms with E-state index in [2.05, 4.69) is 0 Å². The maximum atomic E-state index is 12.6. The van der Waals surface area contributed by atoms with Gasteiger partial charge in [-0.25, -0.2) is 8.78 Å². The van der Waals surface area contributed by atoms with Gasteiger partial charge in [-0.2, -0.15) is 8.78 Å². The Labute approximate surface area is 104 Å². The van der Waals surface area contributed by atoms with E-state index in [9.17, 15) is 27.7 Å². The summed E-state index contributed by atoms with van der Waals surface area (Å²) in [4.78, 5) is 9.75. The van der Waals surface area contributed by atoms with Gasteiger partial charge >= 0.3 is 12.3 Å². The molecule has 0 aliphatic heterocycles. The van der Waals surface area contributed by atoms with E-state index >= 15 is 0 Å². The number of benzene rings is 1. The van der Waals surface area contributed by atoms with Crippen molar-refractivity contribution >= 4 is 23.0 Å². The van der Waals surface area contributed by atoms with Gasteiger partial charge in [0.2, 0.25) is 0 Å². The normalized spacial score (nSPS) is 11.7. The lowest BCUT2D eigenvalue weighted by Crippen LogP contribution is -2.34. The second kappa shape index (κ2) is 5.38. The van der Waals surface area contributed by atoms with Crippen LogP contribution in [0.1, 0.15) is 0 Å². The van der Waals surface area contributed by atoms with Crippen molar-refractivity contribution in [2.45, 2.75) is 12.3 Å². The lowest BCUT2D eigenvalue weighted by molar-refractivity contribution is -0.384. The topological polar surface area (TPSA) is 55.2 Å². The van der Waals surface area contributed by atoms with Gasteiger partial charge < -0.3 is 5.32 Å². The number of halogens is 5. The third kappa shape index (κ3) is 3.46. The molecule has 0 aliphatic rings. The summed E-state index contributed by atoms with van der Waals surface area (Å²) in [6, 6.07) is 3.23. The Bertz CT molecular complexity index is 456. The van der Waals surface area contributed by atoms with Crippen LogP contribution in [0.2, 0.25) is 5.02 Å². The summed E-state index contributed by atoms with van der Waals surface area (Å²) < 4.78 is 49.1. The number of hydrogen-bond acceptors (Lipinski definition) is 3. The highest BCUT2D eigenvalue weighted by Gasteiger charge is 2.40. The summed E-state index contributed by atoms with van der Waals surface area (Å²) in [6.45, 7) is -1.41. The molecule has 0 heterocycles. The number of nitrogens with zero attached hydrogens (tertiary/aromatic N) is 1. The van der Waals surface area contributed by atoms with Crippen molar-refractivity contribution in [1.29, 1.82) is 0 Å². The Morgan fingerprint density at radius 1 is 1.44 bits per heavy atom. The van der Waals surface area contributed by atoms with Gasteiger partial charge in [-0.3, -0.25) is 10.1 Å². The molecule has 1 aromatic rings. The number of nitro groups is 1. The minimum Gasteiger partial charge on any atom is -0.373 e. The molecule has 0 amide bonds. The average Bonchev–Trinajstić information content (AvgIpc) is 2.27. The number of anilines is 1. The molecule has 0 saturated carbocycles. The van der Waals surface area contributed by atoms with Crippen molar-refractivity contribution < 1.29 is 22.5 Å². The van der Waals surface area contributed by atoms with Crippen LogP contribution in [0.5, 0.6) is 0 Å². The third-order valence-corrected chi connectivity index (χ3v) is 2.23. The highest BCUT2D eigenvalue weighted by atomic mass is 35.5.